The standard InChI is InChI=1S/C13H19BrOS/c1-3-13(15,4-2)9-10-16-12-7-5-11(14)6-8-12/h5-8,15H,3-4,9-10H2,1-2H3. The minimum absolute atomic E-state index is 0.470. The lowest BCUT2D eigenvalue weighted by Crippen LogP contribution is -2.27. The van der Waals surface area contributed by atoms with Crippen LogP contribution < -0.4 is 0 Å². The Morgan fingerprint density at radius 1 is 1.19 bits per heavy atom. The summed E-state index contributed by atoms with van der Waals surface area (Å²) in [7, 11) is 0. The van der Waals surface area contributed by atoms with Crippen molar-refractivity contribution in [3.05, 3.63) is 28.7 Å². The number of halogens is 1. The summed E-state index contributed by atoms with van der Waals surface area (Å²) in [6.45, 7) is 4.10. The van der Waals surface area contributed by atoms with Gasteiger partial charge in [0.1, 0.15) is 0 Å². The van der Waals surface area contributed by atoms with Crippen LogP contribution in [0.15, 0.2) is 33.6 Å². The molecule has 1 nitrogen and oxygen atoms in total. The third kappa shape index (κ3) is 4.48. The van der Waals surface area contributed by atoms with E-state index in [1.807, 2.05) is 26.0 Å². The summed E-state index contributed by atoms with van der Waals surface area (Å²) in [4.78, 5) is 1.26. The van der Waals surface area contributed by atoms with Crippen molar-refractivity contribution < 1.29 is 5.11 Å². The van der Waals surface area contributed by atoms with E-state index in [0.717, 1.165) is 29.5 Å². The maximum atomic E-state index is 10.1. The van der Waals surface area contributed by atoms with Gasteiger partial charge in [-0.1, -0.05) is 29.8 Å². The first kappa shape index (κ1) is 14.1. The maximum Gasteiger partial charge on any atom is 0.0650 e. The molecule has 0 heterocycles. The molecule has 0 aromatic heterocycles. The number of hydrogen-bond donors (Lipinski definition) is 1. The van der Waals surface area contributed by atoms with Gasteiger partial charge in [-0.15, -0.1) is 11.8 Å². The predicted molar refractivity (Wildman–Crippen MR) is 75.0 cm³/mol. The van der Waals surface area contributed by atoms with Crippen molar-refractivity contribution in [3.8, 4) is 0 Å². The Labute approximate surface area is 111 Å². The molecule has 90 valence electrons. The highest BCUT2D eigenvalue weighted by Crippen LogP contribution is 2.26. The summed E-state index contributed by atoms with van der Waals surface area (Å²) < 4.78 is 1.11. The van der Waals surface area contributed by atoms with Gasteiger partial charge < -0.3 is 5.11 Å². The first-order valence-electron chi connectivity index (χ1n) is 5.70. The summed E-state index contributed by atoms with van der Waals surface area (Å²) >= 11 is 5.22. The zero-order chi connectivity index (χ0) is 12.0. The Morgan fingerprint density at radius 3 is 2.25 bits per heavy atom. The van der Waals surface area contributed by atoms with E-state index in [-0.39, 0.29) is 0 Å². The number of aliphatic hydroxyl groups is 1. The maximum absolute atomic E-state index is 10.1. The van der Waals surface area contributed by atoms with Crippen LogP contribution in [-0.2, 0) is 0 Å². The highest BCUT2D eigenvalue weighted by molar-refractivity contribution is 9.10. The quantitative estimate of drug-likeness (QED) is 0.782. The Morgan fingerprint density at radius 2 is 1.75 bits per heavy atom. The van der Waals surface area contributed by atoms with Gasteiger partial charge in [-0.2, -0.15) is 0 Å². The van der Waals surface area contributed by atoms with E-state index in [1.54, 1.807) is 11.8 Å². The van der Waals surface area contributed by atoms with Crippen LogP contribution in [-0.4, -0.2) is 16.5 Å². The van der Waals surface area contributed by atoms with Crippen LogP contribution >= 0.6 is 27.7 Å². The minimum Gasteiger partial charge on any atom is -0.390 e. The topological polar surface area (TPSA) is 20.2 Å². The predicted octanol–water partition coefficient (Wildman–Crippen LogP) is 4.48. The normalized spacial score (nSPS) is 11.8. The van der Waals surface area contributed by atoms with Gasteiger partial charge in [0.25, 0.3) is 0 Å². The van der Waals surface area contributed by atoms with Crippen molar-refractivity contribution in [2.24, 2.45) is 0 Å². The molecule has 0 fully saturated rings. The summed E-state index contributed by atoms with van der Waals surface area (Å²) in [6.07, 6.45) is 2.54. The molecule has 1 rings (SSSR count). The minimum atomic E-state index is -0.470. The molecule has 0 amide bonds. The van der Waals surface area contributed by atoms with E-state index in [9.17, 15) is 5.11 Å². The zero-order valence-electron chi connectivity index (χ0n) is 9.87. The summed E-state index contributed by atoms with van der Waals surface area (Å²) in [6, 6.07) is 8.31. The molecule has 3 heteroatoms. The van der Waals surface area contributed by atoms with Gasteiger partial charge in [-0.3, -0.25) is 0 Å². The Kier molecular flexibility index (Phi) is 5.87. The Hall–Kier alpha value is 0.01000. The molecule has 1 aromatic carbocycles. The molecule has 0 aliphatic rings. The third-order valence-corrected chi connectivity index (χ3v) is 4.51. The van der Waals surface area contributed by atoms with Crippen molar-refractivity contribution in [1.29, 1.82) is 0 Å². The second-order valence-electron chi connectivity index (χ2n) is 3.98. The molecule has 0 aliphatic heterocycles. The largest absolute Gasteiger partial charge is 0.390 e. The average Bonchev–Trinajstić information content (AvgIpc) is 2.31. The third-order valence-electron chi connectivity index (χ3n) is 2.97. The lowest BCUT2D eigenvalue weighted by molar-refractivity contribution is 0.0297. The summed E-state index contributed by atoms with van der Waals surface area (Å²) in [5.74, 6) is 0.972. The second-order valence-corrected chi connectivity index (χ2v) is 6.07. The summed E-state index contributed by atoms with van der Waals surface area (Å²) in [5.41, 5.74) is -0.470. The van der Waals surface area contributed by atoms with E-state index < -0.39 is 5.60 Å². The molecule has 0 bridgehead atoms. The van der Waals surface area contributed by atoms with Crippen molar-refractivity contribution in [2.45, 2.75) is 43.6 Å². The van der Waals surface area contributed by atoms with E-state index >= 15 is 0 Å². The number of thioether (sulfide) groups is 1. The molecule has 0 atom stereocenters. The van der Waals surface area contributed by atoms with Crippen LogP contribution in [0.25, 0.3) is 0 Å². The number of hydrogen-bond acceptors (Lipinski definition) is 2. The lowest BCUT2D eigenvalue weighted by atomic mass is 9.95. The van der Waals surface area contributed by atoms with Gasteiger partial charge >= 0.3 is 0 Å². The molecule has 16 heavy (non-hydrogen) atoms. The SMILES string of the molecule is CCC(O)(CC)CCSc1ccc(Br)cc1. The smallest absolute Gasteiger partial charge is 0.0650 e. The Balaban J connectivity index is 2.38. The molecule has 0 aliphatic carbocycles. The molecule has 0 saturated carbocycles. The van der Waals surface area contributed by atoms with Gasteiger partial charge in [0.05, 0.1) is 5.60 Å². The highest BCUT2D eigenvalue weighted by Gasteiger charge is 2.21. The molecule has 0 spiro atoms. The fourth-order valence-corrected chi connectivity index (χ4v) is 2.80. The van der Waals surface area contributed by atoms with Crippen LogP contribution in [0.4, 0.5) is 0 Å². The molecule has 1 aromatic rings. The van der Waals surface area contributed by atoms with Crippen molar-refractivity contribution in [1.82, 2.24) is 0 Å². The van der Waals surface area contributed by atoms with Crippen LogP contribution in [0, 0.1) is 0 Å². The van der Waals surface area contributed by atoms with Crippen LogP contribution in [0.5, 0.6) is 0 Å². The van der Waals surface area contributed by atoms with E-state index in [4.69, 9.17) is 0 Å². The lowest BCUT2D eigenvalue weighted by Gasteiger charge is -2.24. The van der Waals surface area contributed by atoms with Crippen molar-refractivity contribution in [2.75, 3.05) is 5.75 Å². The van der Waals surface area contributed by atoms with Gasteiger partial charge in [-0.05, 0) is 43.5 Å². The van der Waals surface area contributed by atoms with Gasteiger partial charge in [0.15, 0.2) is 0 Å². The average molecular weight is 303 g/mol. The van der Waals surface area contributed by atoms with Crippen LogP contribution in [0.3, 0.4) is 0 Å². The van der Waals surface area contributed by atoms with Gasteiger partial charge in [0.2, 0.25) is 0 Å². The number of benzene rings is 1. The van der Waals surface area contributed by atoms with Crippen molar-refractivity contribution >= 4 is 27.7 Å². The molecule has 1 N–H and O–H groups in total. The Bertz CT molecular complexity index is 306. The first-order valence-corrected chi connectivity index (χ1v) is 7.48. The fourth-order valence-electron chi connectivity index (χ4n) is 1.49. The van der Waals surface area contributed by atoms with Gasteiger partial charge in [-0.25, -0.2) is 0 Å². The molecular weight excluding hydrogens is 284 g/mol. The first-order chi connectivity index (χ1) is 7.59. The monoisotopic (exact) mass is 302 g/mol. The van der Waals surface area contributed by atoms with Crippen LogP contribution in [0.2, 0.25) is 0 Å². The fraction of sp³-hybridized carbons (Fsp3) is 0.538. The second kappa shape index (κ2) is 6.67. The highest BCUT2D eigenvalue weighted by atomic mass is 79.9. The molecular formula is C13H19BrOS. The van der Waals surface area contributed by atoms with Crippen LogP contribution in [0.1, 0.15) is 33.1 Å². The molecule has 0 radical (unpaired) electrons. The summed E-state index contributed by atoms with van der Waals surface area (Å²) in [5, 5.41) is 10.1. The van der Waals surface area contributed by atoms with Gasteiger partial charge in [0, 0.05) is 15.1 Å². The van der Waals surface area contributed by atoms with E-state index in [1.165, 1.54) is 4.90 Å². The molecule has 0 saturated heterocycles. The number of rotatable bonds is 6. The van der Waals surface area contributed by atoms with Crippen molar-refractivity contribution in [3.63, 3.8) is 0 Å². The van der Waals surface area contributed by atoms with E-state index in [2.05, 4.69) is 28.1 Å². The molecule has 0 unspecified atom stereocenters. The van der Waals surface area contributed by atoms with E-state index in [0.29, 0.717) is 0 Å². The zero-order valence-corrected chi connectivity index (χ0v) is 12.3.